The van der Waals surface area contributed by atoms with Gasteiger partial charge in [-0.05, 0) is 75.9 Å². The summed E-state index contributed by atoms with van der Waals surface area (Å²) in [5.74, 6) is 0.528. The maximum atomic E-state index is 15.5. The summed E-state index contributed by atoms with van der Waals surface area (Å²) < 4.78 is 29.7. The second kappa shape index (κ2) is 10.5. The molecule has 2 aliphatic heterocycles. The first-order valence-electron chi connectivity index (χ1n) is 14.5. The number of imidazole rings is 1. The molecule has 0 spiro atoms. The van der Waals surface area contributed by atoms with Crippen molar-refractivity contribution >= 4 is 28.7 Å². The summed E-state index contributed by atoms with van der Waals surface area (Å²) in [5.41, 5.74) is 3.27. The second-order valence-electron chi connectivity index (χ2n) is 12.4. The molecule has 3 aromatic rings. The zero-order valence-electron chi connectivity index (χ0n) is 24.2. The highest BCUT2D eigenvalue weighted by atomic mass is 19.1. The Morgan fingerprint density at radius 1 is 1.10 bits per heavy atom. The van der Waals surface area contributed by atoms with Gasteiger partial charge in [0.2, 0.25) is 5.91 Å². The van der Waals surface area contributed by atoms with Gasteiger partial charge in [-0.1, -0.05) is 6.07 Å². The number of anilines is 1. The molecule has 41 heavy (non-hydrogen) atoms. The number of aromatic nitrogens is 2. The first-order valence-corrected chi connectivity index (χ1v) is 14.5. The maximum absolute atomic E-state index is 15.5. The first-order chi connectivity index (χ1) is 19.6. The van der Waals surface area contributed by atoms with Gasteiger partial charge in [0.25, 0.3) is 0 Å². The number of nitrogens with zero attached hydrogens (tertiary/aromatic N) is 4. The van der Waals surface area contributed by atoms with E-state index in [1.54, 1.807) is 17.0 Å². The Morgan fingerprint density at radius 2 is 1.85 bits per heavy atom. The smallest absolute Gasteiger partial charge is 0.410 e. The molecule has 1 aliphatic carbocycles. The molecule has 2 amide bonds. The Hall–Kier alpha value is -3.82. The van der Waals surface area contributed by atoms with Crippen LogP contribution in [0.4, 0.5) is 14.9 Å². The number of amides is 2. The van der Waals surface area contributed by atoms with Crippen molar-refractivity contribution in [3.8, 4) is 16.9 Å². The Kier molecular flexibility index (Phi) is 7.03. The summed E-state index contributed by atoms with van der Waals surface area (Å²) in [5, 5.41) is 2.89. The third-order valence-corrected chi connectivity index (χ3v) is 8.11. The zero-order chi connectivity index (χ0) is 28.9. The van der Waals surface area contributed by atoms with Crippen LogP contribution in [-0.4, -0.2) is 70.9 Å². The lowest BCUT2D eigenvalue weighted by Gasteiger charge is -2.36. The average Bonchev–Trinajstić information content (AvgIpc) is 3.52. The second-order valence-corrected chi connectivity index (χ2v) is 12.4. The molecule has 2 aromatic carbocycles. The highest BCUT2D eigenvalue weighted by molar-refractivity contribution is 5.88. The van der Waals surface area contributed by atoms with E-state index in [-0.39, 0.29) is 29.8 Å². The molecule has 1 N–H and O–H groups in total. The Balaban J connectivity index is 1.23. The fourth-order valence-corrected chi connectivity index (χ4v) is 5.67. The number of fused-ring (bicyclic) bond motifs is 1. The molecule has 2 unspecified atom stereocenters. The third kappa shape index (κ3) is 5.83. The zero-order valence-corrected chi connectivity index (χ0v) is 24.2. The van der Waals surface area contributed by atoms with Crippen LogP contribution in [0.1, 0.15) is 53.0 Å². The van der Waals surface area contributed by atoms with Crippen LogP contribution >= 0.6 is 0 Å². The molecule has 218 valence electrons. The molecule has 9 nitrogen and oxygen atoms in total. The standard InChI is InChI=1S/C31H38FN5O4/c1-19(22-16-28(38)33-17-22)40-27-15-21(14-25-29(27)37(18-34-25)23-6-7-23)20-5-8-26(24(32)13-20)35-9-11-36(12-10-35)30(39)41-31(2,3)4/h5,8,13-15,18-19,22-23H,6-7,9-12,16-17H2,1-4H3,(H,33,38). The van der Waals surface area contributed by atoms with Crippen LogP contribution < -0.4 is 15.0 Å². The fraction of sp³-hybridized carbons (Fsp3) is 0.516. The van der Waals surface area contributed by atoms with Gasteiger partial charge in [0, 0.05) is 51.1 Å². The van der Waals surface area contributed by atoms with Crippen LogP contribution in [0.3, 0.4) is 0 Å². The van der Waals surface area contributed by atoms with Gasteiger partial charge in [-0.25, -0.2) is 14.2 Å². The molecule has 1 aromatic heterocycles. The number of carbonyl (C=O) groups is 2. The summed E-state index contributed by atoms with van der Waals surface area (Å²) in [6.45, 7) is 10.1. The van der Waals surface area contributed by atoms with Crippen LogP contribution in [-0.2, 0) is 9.53 Å². The molecule has 3 aliphatic rings. The lowest BCUT2D eigenvalue weighted by atomic mass is 10.0. The lowest BCUT2D eigenvalue weighted by Crippen LogP contribution is -2.50. The van der Waals surface area contributed by atoms with Crippen LogP contribution in [0.5, 0.6) is 5.75 Å². The maximum Gasteiger partial charge on any atom is 0.410 e. The van der Waals surface area contributed by atoms with Crippen LogP contribution in [0.15, 0.2) is 36.7 Å². The van der Waals surface area contributed by atoms with E-state index in [4.69, 9.17) is 9.47 Å². The summed E-state index contributed by atoms with van der Waals surface area (Å²) >= 11 is 0. The van der Waals surface area contributed by atoms with E-state index in [1.807, 2.05) is 57.1 Å². The fourth-order valence-electron chi connectivity index (χ4n) is 5.67. The predicted molar refractivity (Wildman–Crippen MR) is 155 cm³/mol. The van der Waals surface area contributed by atoms with E-state index in [9.17, 15) is 9.59 Å². The van der Waals surface area contributed by atoms with Crippen molar-refractivity contribution in [1.29, 1.82) is 0 Å². The van der Waals surface area contributed by atoms with Gasteiger partial charge in [-0.15, -0.1) is 0 Å². The Bertz CT molecular complexity index is 1470. The lowest BCUT2D eigenvalue weighted by molar-refractivity contribution is -0.119. The highest BCUT2D eigenvalue weighted by Crippen LogP contribution is 2.42. The molecular weight excluding hydrogens is 525 g/mol. The van der Waals surface area contributed by atoms with Crippen LogP contribution in [0.25, 0.3) is 22.2 Å². The SMILES string of the molecule is CC(Oc1cc(-c2ccc(N3CCN(C(=O)OC(C)(C)C)CC3)c(F)c2)cc2ncn(C3CC3)c12)C1CNC(=O)C1. The van der Waals surface area contributed by atoms with Crippen molar-refractivity contribution in [2.24, 2.45) is 5.92 Å². The van der Waals surface area contributed by atoms with Gasteiger partial charge < -0.3 is 29.2 Å². The molecule has 0 bridgehead atoms. The third-order valence-electron chi connectivity index (χ3n) is 8.11. The number of hydrogen-bond donors (Lipinski definition) is 1. The molecule has 10 heteroatoms. The first kappa shape index (κ1) is 27.4. The largest absolute Gasteiger partial charge is 0.488 e. The van der Waals surface area contributed by atoms with E-state index < -0.39 is 5.60 Å². The molecule has 3 fully saturated rings. The van der Waals surface area contributed by atoms with Gasteiger partial charge in [0.15, 0.2) is 0 Å². The van der Waals surface area contributed by atoms with Gasteiger partial charge in [0.1, 0.15) is 28.8 Å². The van der Waals surface area contributed by atoms with Crippen molar-refractivity contribution in [2.75, 3.05) is 37.6 Å². The van der Waals surface area contributed by atoms with E-state index in [2.05, 4.69) is 14.9 Å². The number of nitrogens with one attached hydrogen (secondary N) is 1. The van der Waals surface area contributed by atoms with Crippen LogP contribution in [0.2, 0.25) is 0 Å². The van der Waals surface area contributed by atoms with E-state index in [0.717, 1.165) is 35.0 Å². The molecular formula is C31H38FN5O4. The average molecular weight is 564 g/mol. The number of piperazine rings is 1. The number of carbonyl (C=O) groups excluding carboxylic acids is 2. The highest BCUT2D eigenvalue weighted by Gasteiger charge is 2.31. The molecule has 0 radical (unpaired) electrons. The van der Waals surface area contributed by atoms with Gasteiger partial charge in [-0.3, -0.25) is 4.79 Å². The van der Waals surface area contributed by atoms with E-state index in [0.29, 0.717) is 56.6 Å². The number of halogens is 1. The summed E-state index contributed by atoms with van der Waals surface area (Å²) in [4.78, 5) is 32.5. The number of hydrogen-bond acceptors (Lipinski definition) is 6. The predicted octanol–water partition coefficient (Wildman–Crippen LogP) is 5.14. The Labute approximate surface area is 239 Å². The van der Waals surface area contributed by atoms with Crippen molar-refractivity contribution in [1.82, 2.24) is 19.8 Å². The summed E-state index contributed by atoms with van der Waals surface area (Å²) in [6.07, 6.45) is 4.03. The van der Waals surface area contributed by atoms with Crippen molar-refractivity contribution in [2.45, 2.75) is 64.7 Å². The normalized spacial score (nSPS) is 20.3. The van der Waals surface area contributed by atoms with Crippen LogP contribution in [0, 0.1) is 11.7 Å². The van der Waals surface area contributed by atoms with E-state index in [1.165, 1.54) is 0 Å². The van der Waals surface area contributed by atoms with Gasteiger partial charge >= 0.3 is 6.09 Å². The number of rotatable bonds is 6. The monoisotopic (exact) mass is 563 g/mol. The molecule has 6 rings (SSSR count). The summed E-state index contributed by atoms with van der Waals surface area (Å²) in [7, 11) is 0. The minimum absolute atomic E-state index is 0.0502. The molecule has 1 saturated carbocycles. The molecule has 2 atom stereocenters. The Morgan fingerprint density at radius 3 is 2.49 bits per heavy atom. The van der Waals surface area contributed by atoms with E-state index >= 15 is 4.39 Å². The van der Waals surface area contributed by atoms with Gasteiger partial charge in [0.05, 0.1) is 17.5 Å². The minimum atomic E-state index is -0.551. The number of ether oxygens (including phenoxy) is 2. The quantitative estimate of drug-likeness (QED) is 0.447. The topological polar surface area (TPSA) is 88.9 Å². The molecule has 2 saturated heterocycles. The van der Waals surface area contributed by atoms with Crippen molar-refractivity contribution in [3.63, 3.8) is 0 Å². The summed E-state index contributed by atoms with van der Waals surface area (Å²) in [6, 6.07) is 9.66. The minimum Gasteiger partial charge on any atom is -0.488 e. The van der Waals surface area contributed by atoms with Crippen molar-refractivity contribution in [3.05, 3.63) is 42.5 Å². The van der Waals surface area contributed by atoms with Gasteiger partial charge in [-0.2, -0.15) is 0 Å². The van der Waals surface area contributed by atoms with Crippen molar-refractivity contribution < 1.29 is 23.5 Å². The molecule has 3 heterocycles. The number of benzene rings is 2.